The van der Waals surface area contributed by atoms with Crippen LogP contribution >= 0.6 is 0 Å². The maximum Gasteiger partial charge on any atom is 0.269 e. The summed E-state index contributed by atoms with van der Waals surface area (Å²) in [6.07, 6.45) is 0. The lowest BCUT2D eigenvalue weighted by Crippen LogP contribution is -2.29. The van der Waals surface area contributed by atoms with Crippen LogP contribution < -0.4 is 20.1 Å². The lowest BCUT2D eigenvalue weighted by atomic mass is 10.1. The highest BCUT2D eigenvalue weighted by molar-refractivity contribution is 6.34. The van der Waals surface area contributed by atoms with Crippen molar-refractivity contribution in [2.24, 2.45) is 0 Å². The van der Waals surface area contributed by atoms with E-state index in [9.17, 15) is 34.4 Å². The number of nitrogens with zero attached hydrogens (tertiary/aromatic N) is 2. The Kier molecular flexibility index (Phi) is 6.31. The topological polar surface area (TPSA) is 159 Å². The van der Waals surface area contributed by atoms with Gasteiger partial charge in [0.25, 0.3) is 23.4 Å². The highest BCUT2D eigenvalue weighted by Gasteiger charge is 2.37. The molecule has 1 heterocycles. The first-order valence-corrected chi connectivity index (χ1v) is 11.4. The van der Waals surface area contributed by atoms with Gasteiger partial charge in [0.1, 0.15) is 11.5 Å². The zero-order valence-corrected chi connectivity index (χ0v) is 19.8. The maximum absolute atomic E-state index is 13.1. The van der Waals surface area contributed by atoms with Crippen LogP contribution in [0.1, 0.15) is 41.4 Å². The molecule has 0 saturated carbocycles. The fourth-order valence-electron chi connectivity index (χ4n) is 4.02. The molecule has 0 atom stereocenters. The van der Waals surface area contributed by atoms with Crippen LogP contribution in [0.15, 0.2) is 91.0 Å². The standard InChI is InChI=1S/C28H17N3O8/c32-25(29-24-4-2-1-3-22(24)28(35)36)16-5-7-17(8-6-16)30-26(33)21-14-13-20(15-23(21)27(30)34)39-19-11-9-18(10-12-19)31(37)38/h1-15H,(H,29,32)(H,35,36)/p-1. The second-order valence-electron chi connectivity index (χ2n) is 8.34. The van der Waals surface area contributed by atoms with Crippen molar-refractivity contribution in [2.75, 3.05) is 10.2 Å². The lowest BCUT2D eigenvalue weighted by Gasteiger charge is -2.15. The van der Waals surface area contributed by atoms with Crippen molar-refractivity contribution in [3.8, 4) is 11.5 Å². The van der Waals surface area contributed by atoms with Crippen molar-refractivity contribution in [1.82, 2.24) is 0 Å². The maximum atomic E-state index is 13.1. The minimum absolute atomic E-state index is 0.0682. The normalized spacial score (nSPS) is 12.2. The molecule has 4 aromatic rings. The highest BCUT2D eigenvalue weighted by Crippen LogP contribution is 2.33. The number of non-ortho nitro benzene ring substituents is 1. The van der Waals surface area contributed by atoms with Gasteiger partial charge in [0.2, 0.25) is 0 Å². The van der Waals surface area contributed by atoms with E-state index in [4.69, 9.17) is 4.74 Å². The summed E-state index contributed by atoms with van der Waals surface area (Å²) in [5, 5.41) is 24.6. The summed E-state index contributed by atoms with van der Waals surface area (Å²) in [5.74, 6) is -2.61. The van der Waals surface area contributed by atoms with E-state index < -0.39 is 28.6 Å². The first kappa shape index (κ1) is 24.8. The van der Waals surface area contributed by atoms with E-state index >= 15 is 0 Å². The number of para-hydroxylation sites is 1. The fourth-order valence-corrected chi connectivity index (χ4v) is 4.02. The number of carboxylic acid groups (broad SMARTS) is 1. The molecule has 1 aliphatic heterocycles. The van der Waals surface area contributed by atoms with Gasteiger partial charge in [-0.05, 0) is 60.7 Å². The SMILES string of the molecule is O=C(Nc1ccccc1C(=O)[O-])c1ccc(N2C(=O)c3ccc(Oc4ccc([N+](=O)[O-])cc4)cc3C2=O)cc1. The van der Waals surface area contributed by atoms with Crippen LogP contribution in [0.25, 0.3) is 0 Å². The van der Waals surface area contributed by atoms with Crippen LogP contribution in [0.5, 0.6) is 11.5 Å². The highest BCUT2D eigenvalue weighted by atomic mass is 16.6. The zero-order valence-electron chi connectivity index (χ0n) is 19.8. The van der Waals surface area contributed by atoms with Crippen LogP contribution in [-0.4, -0.2) is 28.6 Å². The third kappa shape index (κ3) is 4.79. The number of carbonyl (C=O) groups is 4. The molecule has 0 radical (unpaired) electrons. The summed E-state index contributed by atoms with van der Waals surface area (Å²) in [4.78, 5) is 61.3. The second-order valence-corrected chi connectivity index (χ2v) is 8.34. The van der Waals surface area contributed by atoms with E-state index in [1.165, 1.54) is 84.9 Å². The lowest BCUT2D eigenvalue weighted by molar-refractivity contribution is -0.384. The first-order valence-electron chi connectivity index (χ1n) is 11.4. The molecule has 39 heavy (non-hydrogen) atoms. The van der Waals surface area contributed by atoms with Crippen molar-refractivity contribution in [1.29, 1.82) is 0 Å². The van der Waals surface area contributed by atoms with Gasteiger partial charge in [-0.2, -0.15) is 0 Å². The molecule has 0 spiro atoms. The van der Waals surface area contributed by atoms with Crippen molar-refractivity contribution in [2.45, 2.75) is 0 Å². The molecule has 1 aliphatic rings. The monoisotopic (exact) mass is 522 g/mol. The largest absolute Gasteiger partial charge is 0.545 e. The number of imide groups is 1. The molecule has 0 fully saturated rings. The summed E-state index contributed by atoms with van der Waals surface area (Å²) in [6.45, 7) is 0. The number of carboxylic acids is 1. The average molecular weight is 522 g/mol. The second kappa shape index (κ2) is 9.90. The summed E-state index contributed by atoms with van der Waals surface area (Å²) in [7, 11) is 0. The van der Waals surface area contributed by atoms with E-state index in [-0.39, 0.29) is 45.1 Å². The molecule has 0 saturated heterocycles. The molecule has 3 amide bonds. The Morgan fingerprint density at radius 2 is 1.44 bits per heavy atom. The number of hydrogen-bond acceptors (Lipinski definition) is 8. The number of carbonyl (C=O) groups excluding carboxylic acids is 4. The number of hydrogen-bond donors (Lipinski definition) is 1. The number of amides is 3. The van der Waals surface area contributed by atoms with Crippen LogP contribution in [0.4, 0.5) is 17.1 Å². The molecule has 1 N–H and O–H groups in total. The third-order valence-electron chi connectivity index (χ3n) is 5.92. The Morgan fingerprint density at radius 1 is 0.795 bits per heavy atom. The third-order valence-corrected chi connectivity index (χ3v) is 5.92. The summed E-state index contributed by atoms with van der Waals surface area (Å²) in [6, 6.07) is 21.2. The van der Waals surface area contributed by atoms with Gasteiger partial charge in [0.15, 0.2) is 0 Å². The molecule has 11 nitrogen and oxygen atoms in total. The summed E-state index contributed by atoms with van der Waals surface area (Å²) < 4.78 is 5.69. The van der Waals surface area contributed by atoms with E-state index in [1.807, 2.05) is 0 Å². The van der Waals surface area contributed by atoms with Crippen molar-refractivity contribution in [3.05, 3.63) is 123 Å². The number of anilines is 2. The summed E-state index contributed by atoms with van der Waals surface area (Å²) in [5.41, 5.74) is 0.465. The predicted molar refractivity (Wildman–Crippen MR) is 136 cm³/mol. The van der Waals surface area contributed by atoms with Crippen molar-refractivity contribution < 1.29 is 33.9 Å². The number of aromatic carboxylic acids is 1. The first-order chi connectivity index (χ1) is 18.7. The summed E-state index contributed by atoms with van der Waals surface area (Å²) >= 11 is 0. The minimum atomic E-state index is -1.44. The number of nitrogens with one attached hydrogen (secondary N) is 1. The van der Waals surface area contributed by atoms with Gasteiger partial charge < -0.3 is 20.0 Å². The van der Waals surface area contributed by atoms with Gasteiger partial charge in [-0.15, -0.1) is 0 Å². The average Bonchev–Trinajstić information content (AvgIpc) is 3.18. The Labute approximate surface area is 220 Å². The van der Waals surface area contributed by atoms with E-state index in [0.717, 1.165) is 4.90 Å². The molecular formula is C28H16N3O8-. The number of benzene rings is 4. The Bertz CT molecular complexity index is 1660. The number of rotatable bonds is 7. The van der Waals surface area contributed by atoms with E-state index in [0.29, 0.717) is 5.75 Å². The van der Waals surface area contributed by atoms with Gasteiger partial charge in [0.05, 0.1) is 33.4 Å². The van der Waals surface area contributed by atoms with Crippen LogP contribution in [0.2, 0.25) is 0 Å². The Morgan fingerprint density at radius 3 is 2.10 bits per heavy atom. The van der Waals surface area contributed by atoms with Crippen LogP contribution in [0.3, 0.4) is 0 Å². The van der Waals surface area contributed by atoms with Gasteiger partial charge in [-0.1, -0.05) is 18.2 Å². The minimum Gasteiger partial charge on any atom is -0.545 e. The molecule has 0 unspecified atom stereocenters. The molecular weight excluding hydrogens is 506 g/mol. The molecule has 4 aromatic carbocycles. The Hall–Kier alpha value is -5.84. The van der Waals surface area contributed by atoms with Crippen molar-refractivity contribution in [3.63, 3.8) is 0 Å². The molecule has 0 bridgehead atoms. The van der Waals surface area contributed by atoms with Crippen molar-refractivity contribution >= 4 is 40.8 Å². The molecule has 0 aliphatic carbocycles. The zero-order chi connectivity index (χ0) is 27.7. The number of nitro groups is 1. The molecule has 192 valence electrons. The number of nitro benzene ring substituents is 1. The van der Waals surface area contributed by atoms with E-state index in [2.05, 4.69) is 5.32 Å². The fraction of sp³-hybridized carbons (Fsp3) is 0. The number of fused-ring (bicyclic) bond motifs is 1. The smallest absolute Gasteiger partial charge is 0.269 e. The Balaban J connectivity index is 1.32. The van der Waals surface area contributed by atoms with Crippen LogP contribution in [0, 0.1) is 10.1 Å². The van der Waals surface area contributed by atoms with E-state index in [1.54, 1.807) is 6.07 Å². The predicted octanol–water partition coefficient (Wildman–Crippen LogP) is 3.80. The quantitative estimate of drug-likeness (QED) is 0.218. The molecule has 0 aromatic heterocycles. The van der Waals surface area contributed by atoms with Gasteiger partial charge in [-0.25, -0.2) is 4.90 Å². The van der Waals surface area contributed by atoms with Crippen LogP contribution in [-0.2, 0) is 0 Å². The number of ether oxygens (including phenoxy) is 1. The van der Waals surface area contributed by atoms with Gasteiger partial charge in [-0.3, -0.25) is 24.5 Å². The molecule has 11 heteroatoms. The molecule has 5 rings (SSSR count). The van der Waals surface area contributed by atoms with Gasteiger partial charge >= 0.3 is 0 Å². The van der Waals surface area contributed by atoms with Gasteiger partial charge in [0, 0.05) is 23.3 Å².